The normalized spacial score (nSPS) is 12.6. The van der Waals surface area contributed by atoms with E-state index in [1.165, 1.54) is 10.9 Å². The fourth-order valence-corrected chi connectivity index (χ4v) is 2.67. The molecule has 0 aliphatic rings. The molecule has 0 spiro atoms. The number of aromatic hydroxyl groups is 1. The molecule has 0 aliphatic carbocycles. The Morgan fingerprint density at radius 1 is 1.39 bits per heavy atom. The Morgan fingerprint density at radius 2 is 2.22 bits per heavy atom. The monoisotopic (exact) mass is 265 g/mol. The molecule has 1 unspecified atom stereocenters. The zero-order chi connectivity index (χ0) is 13.0. The molecule has 18 heavy (non-hydrogen) atoms. The average molecular weight is 265 g/mol. The van der Waals surface area contributed by atoms with Crippen molar-refractivity contribution in [3.8, 4) is 5.75 Å². The van der Waals surface area contributed by atoms with E-state index in [4.69, 9.17) is 0 Å². The number of hydrogen-bond acceptors (Lipinski definition) is 3. The van der Waals surface area contributed by atoms with Gasteiger partial charge in [0.1, 0.15) is 11.6 Å². The summed E-state index contributed by atoms with van der Waals surface area (Å²) in [6, 6.07) is 8.58. The quantitative estimate of drug-likeness (QED) is 0.869. The van der Waals surface area contributed by atoms with Crippen LogP contribution in [0.1, 0.15) is 17.4 Å². The maximum Gasteiger partial charge on any atom is 0.127 e. The van der Waals surface area contributed by atoms with E-state index in [0.29, 0.717) is 12.6 Å². The van der Waals surface area contributed by atoms with Gasteiger partial charge in [-0.3, -0.25) is 0 Å². The molecule has 1 heterocycles. The summed E-state index contributed by atoms with van der Waals surface area (Å²) in [6.07, 6.45) is 0.957. The van der Waals surface area contributed by atoms with Gasteiger partial charge in [0, 0.05) is 23.5 Å². The molecule has 2 nitrogen and oxygen atoms in total. The van der Waals surface area contributed by atoms with Crippen molar-refractivity contribution in [2.24, 2.45) is 0 Å². The topological polar surface area (TPSA) is 32.3 Å². The SMILES string of the molecule is CC(Cc1cccs1)NCc1cc(O)cc(F)c1. The summed E-state index contributed by atoms with van der Waals surface area (Å²) in [6.45, 7) is 2.65. The van der Waals surface area contributed by atoms with Crippen LogP contribution < -0.4 is 5.32 Å². The third kappa shape index (κ3) is 3.82. The molecule has 0 saturated carbocycles. The van der Waals surface area contributed by atoms with E-state index in [9.17, 15) is 9.50 Å². The predicted molar refractivity (Wildman–Crippen MR) is 72.4 cm³/mol. The number of nitrogens with one attached hydrogen (secondary N) is 1. The second kappa shape index (κ2) is 5.98. The van der Waals surface area contributed by atoms with Gasteiger partial charge in [0.25, 0.3) is 0 Å². The number of hydrogen-bond donors (Lipinski definition) is 2. The number of thiophene rings is 1. The lowest BCUT2D eigenvalue weighted by molar-refractivity contribution is 0.466. The van der Waals surface area contributed by atoms with Gasteiger partial charge in [-0.2, -0.15) is 0 Å². The maximum absolute atomic E-state index is 13.1. The summed E-state index contributed by atoms with van der Waals surface area (Å²) < 4.78 is 13.1. The van der Waals surface area contributed by atoms with Crippen molar-refractivity contribution in [3.63, 3.8) is 0 Å². The molecule has 2 rings (SSSR count). The first-order valence-corrected chi connectivity index (χ1v) is 6.75. The Balaban J connectivity index is 1.87. The summed E-state index contributed by atoms with van der Waals surface area (Å²) in [5.41, 5.74) is 0.755. The zero-order valence-electron chi connectivity index (χ0n) is 10.2. The average Bonchev–Trinajstić information content (AvgIpc) is 2.78. The lowest BCUT2D eigenvalue weighted by Crippen LogP contribution is -2.27. The molecule has 1 aromatic heterocycles. The lowest BCUT2D eigenvalue weighted by atomic mass is 10.1. The molecule has 0 bridgehead atoms. The third-order valence-corrected chi connectivity index (χ3v) is 3.58. The minimum Gasteiger partial charge on any atom is -0.508 e. The highest BCUT2D eigenvalue weighted by Gasteiger charge is 2.05. The standard InChI is InChI=1S/C14H16FNOS/c1-10(5-14-3-2-4-18-14)16-9-11-6-12(15)8-13(17)7-11/h2-4,6-8,10,16-17H,5,9H2,1H3. The van der Waals surface area contributed by atoms with Crippen LogP contribution in [0.2, 0.25) is 0 Å². The number of phenolic OH excluding ortho intramolecular Hbond substituents is 1. The molecule has 2 aromatic rings. The molecule has 0 amide bonds. The molecular weight excluding hydrogens is 249 g/mol. The highest BCUT2D eigenvalue weighted by atomic mass is 32.1. The van der Waals surface area contributed by atoms with Crippen LogP contribution in [0, 0.1) is 5.82 Å². The van der Waals surface area contributed by atoms with E-state index in [1.54, 1.807) is 17.4 Å². The van der Waals surface area contributed by atoms with Gasteiger partial charge in [0.2, 0.25) is 0 Å². The van der Waals surface area contributed by atoms with Crippen molar-refractivity contribution in [1.82, 2.24) is 5.32 Å². The van der Waals surface area contributed by atoms with Gasteiger partial charge in [0.05, 0.1) is 0 Å². The lowest BCUT2D eigenvalue weighted by Gasteiger charge is -2.13. The predicted octanol–water partition coefficient (Wildman–Crippen LogP) is 3.31. The van der Waals surface area contributed by atoms with E-state index >= 15 is 0 Å². The van der Waals surface area contributed by atoms with Crippen molar-refractivity contribution >= 4 is 11.3 Å². The first kappa shape index (κ1) is 13.1. The smallest absolute Gasteiger partial charge is 0.127 e. The van der Waals surface area contributed by atoms with Crippen LogP contribution >= 0.6 is 11.3 Å². The summed E-state index contributed by atoms with van der Waals surface area (Å²) in [4.78, 5) is 1.33. The van der Waals surface area contributed by atoms with Crippen LogP contribution in [-0.4, -0.2) is 11.1 Å². The van der Waals surface area contributed by atoms with E-state index in [0.717, 1.165) is 18.1 Å². The van der Waals surface area contributed by atoms with E-state index in [2.05, 4.69) is 23.7 Å². The Hall–Kier alpha value is -1.39. The third-order valence-electron chi connectivity index (χ3n) is 2.68. The number of benzene rings is 1. The van der Waals surface area contributed by atoms with Crippen LogP contribution in [0.3, 0.4) is 0 Å². The van der Waals surface area contributed by atoms with Crippen molar-refractivity contribution in [2.45, 2.75) is 25.9 Å². The fourth-order valence-electron chi connectivity index (χ4n) is 1.83. The zero-order valence-corrected chi connectivity index (χ0v) is 11.0. The van der Waals surface area contributed by atoms with Crippen LogP contribution in [0.4, 0.5) is 4.39 Å². The van der Waals surface area contributed by atoms with Gasteiger partial charge in [-0.25, -0.2) is 4.39 Å². The summed E-state index contributed by atoms with van der Waals surface area (Å²) in [5, 5.41) is 14.7. The van der Waals surface area contributed by atoms with Gasteiger partial charge < -0.3 is 10.4 Å². The molecule has 96 valence electrons. The molecule has 1 atom stereocenters. The van der Waals surface area contributed by atoms with Crippen molar-refractivity contribution in [2.75, 3.05) is 0 Å². The van der Waals surface area contributed by atoms with Gasteiger partial charge in [-0.15, -0.1) is 11.3 Å². The first-order valence-electron chi connectivity index (χ1n) is 5.87. The Morgan fingerprint density at radius 3 is 2.89 bits per heavy atom. The van der Waals surface area contributed by atoms with Crippen LogP contribution in [-0.2, 0) is 13.0 Å². The number of halogens is 1. The largest absolute Gasteiger partial charge is 0.508 e. The Kier molecular flexibility index (Phi) is 4.33. The van der Waals surface area contributed by atoms with Crippen molar-refractivity contribution in [1.29, 1.82) is 0 Å². The number of phenols is 1. The Labute approximate surface area is 110 Å². The van der Waals surface area contributed by atoms with Crippen molar-refractivity contribution in [3.05, 3.63) is 52.0 Å². The van der Waals surface area contributed by atoms with Gasteiger partial charge >= 0.3 is 0 Å². The molecule has 0 fully saturated rings. The number of rotatable bonds is 5. The molecule has 0 aliphatic heterocycles. The summed E-state index contributed by atoms with van der Waals surface area (Å²) in [7, 11) is 0. The van der Waals surface area contributed by atoms with E-state index in [-0.39, 0.29) is 5.75 Å². The molecule has 1 aromatic carbocycles. The summed E-state index contributed by atoms with van der Waals surface area (Å²) in [5.74, 6) is -0.435. The highest BCUT2D eigenvalue weighted by Crippen LogP contribution is 2.15. The van der Waals surface area contributed by atoms with Gasteiger partial charge in [-0.05, 0) is 42.5 Å². The van der Waals surface area contributed by atoms with Crippen LogP contribution in [0.15, 0.2) is 35.7 Å². The second-order valence-corrected chi connectivity index (χ2v) is 5.42. The molecule has 4 heteroatoms. The second-order valence-electron chi connectivity index (χ2n) is 4.38. The van der Waals surface area contributed by atoms with E-state index in [1.807, 2.05) is 6.07 Å². The molecule has 0 saturated heterocycles. The maximum atomic E-state index is 13.1. The highest BCUT2D eigenvalue weighted by molar-refractivity contribution is 7.09. The Bertz CT molecular complexity index is 478. The molecule has 0 radical (unpaired) electrons. The van der Waals surface area contributed by atoms with Gasteiger partial charge in [0.15, 0.2) is 0 Å². The molecular formula is C14H16FNOS. The minimum atomic E-state index is -0.405. The van der Waals surface area contributed by atoms with Crippen LogP contribution in [0.25, 0.3) is 0 Å². The minimum absolute atomic E-state index is 0.0299. The van der Waals surface area contributed by atoms with Gasteiger partial charge in [-0.1, -0.05) is 6.07 Å². The van der Waals surface area contributed by atoms with Crippen molar-refractivity contribution < 1.29 is 9.50 Å². The van der Waals surface area contributed by atoms with Crippen LogP contribution in [0.5, 0.6) is 5.75 Å². The fraction of sp³-hybridized carbons (Fsp3) is 0.286. The summed E-state index contributed by atoms with van der Waals surface area (Å²) >= 11 is 1.74. The van der Waals surface area contributed by atoms with E-state index < -0.39 is 5.82 Å². The molecule has 2 N–H and O–H groups in total. The first-order chi connectivity index (χ1) is 8.63.